The molecular formula is C33H43N7O6S. The maximum Gasteiger partial charge on any atom is 0.228 e. The number of rotatable bonds is 13. The number of ether oxygens (including phenoxy) is 2. The quantitative estimate of drug-likeness (QED) is 0.259. The number of anilines is 2. The van der Waals surface area contributed by atoms with Crippen LogP contribution in [0.25, 0.3) is 0 Å². The van der Waals surface area contributed by atoms with Crippen molar-refractivity contribution in [1.82, 2.24) is 24.8 Å². The molecule has 2 N–H and O–H groups in total. The number of hydrogen-bond donors (Lipinski definition) is 2. The lowest BCUT2D eigenvalue weighted by molar-refractivity contribution is -0.132. The number of hydrogen-bond acceptors (Lipinski definition) is 12. The molecule has 1 aromatic carbocycles. The van der Waals surface area contributed by atoms with Crippen molar-refractivity contribution in [2.24, 2.45) is 5.92 Å². The smallest absolute Gasteiger partial charge is 0.228 e. The van der Waals surface area contributed by atoms with Gasteiger partial charge in [-0.05, 0) is 48.9 Å². The first-order chi connectivity index (χ1) is 22.5. The largest absolute Gasteiger partial charge is 0.486 e. The van der Waals surface area contributed by atoms with Gasteiger partial charge in [0.05, 0.1) is 31.6 Å². The number of aromatic nitrogens is 3. The summed E-state index contributed by atoms with van der Waals surface area (Å²) in [5.41, 5.74) is 2.79. The predicted octanol–water partition coefficient (Wildman–Crippen LogP) is 2.41. The Morgan fingerprint density at radius 2 is 1.89 bits per heavy atom. The van der Waals surface area contributed by atoms with Gasteiger partial charge in [0.25, 0.3) is 0 Å². The summed E-state index contributed by atoms with van der Waals surface area (Å²) in [4.78, 5) is 45.4. The first-order valence-electron chi connectivity index (χ1n) is 16.3. The van der Waals surface area contributed by atoms with E-state index >= 15 is 0 Å². The molecule has 3 aromatic rings. The molecule has 1 aliphatic carbocycles. The third-order valence-electron chi connectivity index (χ3n) is 9.10. The third-order valence-corrected chi connectivity index (χ3v) is 9.10. The first-order valence-corrected chi connectivity index (χ1v) is 16.3. The molecule has 0 radical (unpaired) electrons. The Balaban J connectivity index is 0.00000386. The van der Waals surface area contributed by atoms with Crippen molar-refractivity contribution in [1.29, 1.82) is 0 Å². The number of nitrogens with one attached hydrogen (secondary N) is 1. The number of ketones is 1. The highest BCUT2D eigenvalue weighted by Gasteiger charge is 2.35. The van der Waals surface area contributed by atoms with Crippen molar-refractivity contribution in [3.63, 3.8) is 0 Å². The molecule has 4 aliphatic rings. The van der Waals surface area contributed by atoms with Crippen molar-refractivity contribution < 1.29 is 28.6 Å². The average Bonchev–Trinajstić information content (AvgIpc) is 3.78. The molecule has 1 saturated carbocycles. The number of β-amino-alcohol motifs (C(OH)–C–C–N with tert-alkyl or cyclic N) is 1. The summed E-state index contributed by atoms with van der Waals surface area (Å²) in [6.45, 7) is 6.06. The fourth-order valence-corrected chi connectivity index (χ4v) is 6.15. The minimum atomic E-state index is -0.641. The summed E-state index contributed by atoms with van der Waals surface area (Å²) in [5.74, 6) is 2.89. The van der Waals surface area contributed by atoms with Crippen LogP contribution in [-0.4, -0.2) is 106 Å². The van der Waals surface area contributed by atoms with Crippen LogP contribution in [0.15, 0.2) is 41.3 Å². The van der Waals surface area contributed by atoms with E-state index < -0.39 is 6.10 Å². The molecule has 1 atom stereocenters. The molecule has 2 saturated heterocycles. The van der Waals surface area contributed by atoms with Gasteiger partial charge in [-0.3, -0.25) is 14.5 Å². The van der Waals surface area contributed by atoms with Crippen molar-refractivity contribution in [3.8, 4) is 5.75 Å². The second-order valence-corrected chi connectivity index (χ2v) is 12.7. The molecule has 7 rings (SSSR count). The van der Waals surface area contributed by atoms with Crippen LogP contribution in [-0.2, 0) is 29.1 Å². The van der Waals surface area contributed by atoms with Gasteiger partial charge < -0.3 is 34.1 Å². The van der Waals surface area contributed by atoms with Gasteiger partial charge in [0.2, 0.25) is 11.9 Å². The predicted molar refractivity (Wildman–Crippen MR) is 178 cm³/mol. The number of oxazole rings is 1. The van der Waals surface area contributed by atoms with Crippen LogP contribution in [0, 0.1) is 5.92 Å². The van der Waals surface area contributed by atoms with E-state index in [-0.39, 0.29) is 43.6 Å². The lowest BCUT2D eigenvalue weighted by Gasteiger charge is -2.35. The normalized spacial score (nSPS) is 18.9. The van der Waals surface area contributed by atoms with Gasteiger partial charge in [-0.2, -0.15) is 18.5 Å². The minimum Gasteiger partial charge on any atom is -0.486 e. The molecule has 1 amide bonds. The molecule has 14 heteroatoms. The monoisotopic (exact) mass is 665 g/mol. The number of piperazine rings is 1. The highest BCUT2D eigenvalue weighted by molar-refractivity contribution is 7.59. The highest BCUT2D eigenvalue weighted by Crippen LogP contribution is 2.31. The van der Waals surface area contributed by atoms with Crippen LogP contribution in [0.2, 0.25) is 0 Å². The molecule has 5 heterocycles. The number of fused-ring (bicyclic) bond motifs is 1. The molecule has 0 unspecified atom stereocenters. The second-order valence-electron chi connectivity index (χ2n) is 12.7. The van der Waals surface area contributed by atoms with E-state index in [4.69, 9.17) is 18.9 Å². The number of carbonyl (C=O) groups excluding carboxylic acids is 2. The third kappa shape index (κ3) is 8.42. The summed E-state index contributed by atoms with van der Waals surface area (Å²) in [6.07, 6.45) is 5.77. The first kappa shape index (κ1) is 33.2. The number of nitrogens with zero attached hydrogens (tertiary/aromatic N) is 6. The lowest BCUT2D eigenvalue weighted by Crippen LogP contribution is -2.50. The van der Waals surface area contributed by atoms with Crippen molar-refractivity contribution >= 4 is 37.0 Å². The van der Waals surface area contributed by atoms with Crippen LogP contribution in [0.1, 0.15) is 53.1 Å². The second kappa shape index (κ2) is 15.0. The standard InChI is InChI=1S/C33H41N7O6.H2S/c41-26(17-38-8-7-23-13-27(5-3-24(23)16-38)45-20-28-15-34-21-46-28)4-6-30(42)29-14-31(35-25-18-44-19-25)37-33(36-29)40-11-9-39(10-12-40)32(43)22-1-2-22;/h3,5,13-15,21-22,25-26,41H,1-2,4,6-12,16-20H2,(H,35,36,37);1H2/t26-;/m0./s1. The lowest BCUT2D eigenvalue weighted by atomic mass is 9.98. The van der Waals surface area contributed by atoms with Crippen molar-refractivity contribution in [3.05, 3.63) is 59.4 Å². The minimum absolute atomic E-state index is 0. The van der Waals surface area contributed by atoms with E-state index in [2.05, 4.69) is 32.3 Å². The summed E-state index contributed by atoms with van der Waals surface area (Å²) in [7, 11) is 0. The average molecular weight is 666 g/mol. The molecule has 0 bridgehead atoms. The van der Waals surface area contributed by atoms with E-state index in [1.54, 1.807) is 12.3 Å². The Labute approximate surface area is 281 Å². The van der Waals surface area contributed by atoms with E-state index in [0.717, 1.165) is 38.1 Å². The molecule has 0 spiro atoms. The Morgan fingerprint density at radius 1 is 1.06 bits per heavy atom. The number of aliphatic hydroxyl groups excluding tert-OH is 1. The van der Waals surface area contributed by atoms with Crippen LogP contribution >= 0.6 is 13.5 Å². The highest BCUT2D eigenvalue weighted by atomic mass is 32.1. The van der Waals surface area contributed by atoms with Crippen molar-refractivity contribution in [2.75, 3.05) is 62.7 Å². The number of benzene rings is 1. The summed E-state index contributed by atoms with van der Waals surface area (Å²) in [6, 6.07) is 7.95. The number of aliphatic hydroxyl groups is 1. The molecule has 3 aliphatic heterocycles. The van der Waals surface area contributed by atoms with Crippen LogP contribution < -0.4 is 15.0 Å². The molecule has 2 aromatic heterocycles. The van der Waals surface area contributed by atoms with Gasteiger partial charge in [0, 0.05) is 64.2 Å². The fourth-order valence-electron chi connectivity index (χ4n) is 6.15. The SMILES string of the molecule is O=C(CC[C@H](O)CN1CCc2cc(OCc3cnco3)ccc2C1)c1cc(NC2COC2)nc(N2CCN(C(=O)C3CC3)CC2)n1.S. The molecular weight excluding hydrogens is 622 g/mol. The topological polar surface area (TPSA) is 146 Å². The maximum atomic E-state index is 13.4. The number of Topliss-reactive ketones (excluding diaryl/α,β-unsaturated/α-hetero) is 1. The van der Waals surface area contributed by atoms with E-state index in [1.165, 1.54) is 17.5 Å². The van der Waals surface area contributed by atoms with Crippen LogP contribution in [0.5, 0.6) is 5.75 Å². The Morgan fingerprint density at radius 3 is 2.62 bits per heavy atom. The van der Waals surface area contributed by atoms with E-state index in [0.29, 0.717) is 82.2 Å². The van der Waals surface area contributed by atoms with Crippen LogP contribution in [0.4, 0.5) is 11.8 Å². The Bertz CT molecular complexity index is 1530. The van der Waals surface area contributed by atoms with Gasteiger partial charge in [-0.25, -0.2) is 9.97 Å². The van der Waals surface area contributed by atoms with Crippen LogP contribution in [0.3, 0.4) is 0 Å². The zero-order valence-electron chi connectivity index (χ0n) is 26.5. The van der Waals surface area contributed by atoms with Gasteiger partial charge in [-0.1, -0.05) is 6.07 Å². The number of amides is 1. The van der Waals surface area contributed by atoms with Gasteiger partial charge in [0.1, 0.15) is 23.9 Å². The van der Waals surface area contributed by atoms with E-state index in [1.807, 2.05) is 15.9 Å². The number of carbonyl (C=O) groups is 2. The van der Waals surface area contributed by atoms with E-state index in [9.17, 15) is 14.7 Å². The molecule has 3 fully saturated rings. The van der Waals surface area contributed by atoms with Gasteiger partial charge in [0.15, 0.2) is 17.9 Å². The maximum absolute atomic E-state index is 13.4. The Hall–Kier alpha value is -3.72. The summed E-state index contributed by atoms with van der Waals surface area (Å²) >= 11 is 0. The molecule has 252 valence electrons. The van der Waals surface area contributed by atoms with Gasteiger partial charge in [-0.15, -0.1) is 0 Å². The van der Waals surface area contributed by atoms with Crippen molar-refractivity contribution in [2.45, 2.75) is 57.4 Å². The Kier molecular flexibility index (Phi) is 10.6. The summed E-state index contributed by atoms with van der Waals surface area (Å²) < 4.78 is 16.4. The van der Waals surface area contributed by atoms with Gasteiger partial charge >= 0.3 is 0 Å². The molecule has 47 heavy (non-hydrogen) atoms. The molecule has 13 nitrogen and oxygen atoms in total. The fraction of sp³-hybridized carbons (Fsp3) is 0.545. The zero-order chi connectivity index (χ0) is 31.5. The zero-order valence-corrected chi connectivity index (χ0v) is 27.5. The summed E-state index contributed by atoms with van der Waals surface area (Å²) in [5, 5.41) is 14.3.